The fraction of sp³-hybridized carbons (Fsp3) is 0.476. The minimum Gasteiger partial charge on any atom is -0.434 e. The molecular weight excluding hydrogens is 401 g/mol. The molecule has 0 spiro atoms. The van der Waals surface area contributed by atoms with Crippen LogP contribution >= 0.6 is 11.6 Å². The Morgan fingerprint density at radius 1 is 1.24 bits per heavy atom. The molecule has 8 heteroatoms. The van der Waals surface area contributed by atoms with Crippen molar-refractivity contribution in [3.05, 3.63) is 40.4 Å². The van der Waals surface area contributed by atoms with Crippen LogP contribution in [0.3, 0.4) is 0 Å². The van der Waals surface area contributed by atoms with Crippen LogP contribution in [0, 0.1) is 11.7 Å². The molecule has 0 unspecified atom stereocenters. The van der Waals surface area contributed by atoms with Gasteiger partial charge in [0.2, 0.25) is 5.76 Å². The minimum atomic E-state index is -1.07. The molecule has 1 aromatic rings. The van der Waals surface area contributed by atoms with Gasteiger partial charge in [-0.05, 0) is 50.8 Å². The number of halogens is 2. The first-order valence-corrected chi connectivity index (χ1v) is 10.1. The van der Waals surface area contributed by atoms with Gasteiger partial charge in [0.25, 0.3) is 5.91 Å². The van der Waals surface area contributed by atoms with Gasteiger partial charge in [0.15, 0.2) is 5.78 Å². The number of carbonyl (C=O) groups is 3. The Labute approximate surface area is 173 Å². The van der Waals surface area contributed by atoms with Crippen molar-refractivity contribution < 1.29 is 28.2 Å². The largest absolute Gasteiger partial charge is 0.514 e. The van der Waals surface area contributed by atoms with E-state index in [0.29, 0.717) is 0 Å². The zero-order valence-electron chi connectivity index (χ0n) is 16.4. The van der Waals surface area contributed by atoms with Gasteiger partial charge in [-0.25, -0.2) is 9.18 Å². The third-order valence-corrected chi connectivity index (χ3v) is 5.56. The molecule has 1 saturated carbocycles. The van der Waals surface area contributed by atoms with Crippen LogP contribution in [0.5, 0.6) is 0 Å². The average molecular weight is 424 g/mol. The minimum absolute atomic E-state index is 0.00353. The maximum Gasteiger partial charge on any atom is 0.514 e. The molecule has 0 saturated heterocycles. The maximum absolute atomic E-state index is 14.7. The molecule has 1 aliphatic heterocycles. The Balaban J connectivity index is 2.10. The predicted octanol–water partition coefficient (Wildman–Crippen LogP) is 4.79. The zero-order chi connectivity index (χ0) is 21.1. The second-order valence-electron chi connectivity index (χ2n) is 7.20. The molecular formula is C21H23ClFNO5. The van der Waals surface area contributed by atoms with Crippen LogP contribution in [0.15, 0.2) is 29.5 Å². The normalized spacial score (nSPS) is 20.2. The van der Waals surface area contributed by atoms with E-state index < -0.39 is 29.7 Å². The average Bonchev–Trinajstić information content (AvgIpc) is 2.95. The standard InChI is InChI=1S/C21H23ClFNO5/c1-3-28-21(27)29-19-17(12(2)25)18(13-7-5-4-6-8-13)24(20(19)26)16-10-9-14(22)11-15(16)23/h9-11,13,18H,3-8H2,1-2H3/t18-/m1/s1. The second kappa shape index (κ2) is 8.95. The molecule has 1 atom stereocenters. The van der Waals surface area contributed by atoms with Crippen molar-refractivity contribution in [1.29, 1.82) is 0 Å². The first-order chi connectivity index (χ1) is 13.8. The van der Waals surface area contributed by atoms with Crippen LogP contribution in [-0.2, 0) is 19.1 Å². The van der Waals surface area contributed by atoms with E-state index in [1.165, 1.54) is 24.0 Å². The highest BCUT2D eigenvalue weighted by atomic mass is 35.5. The third-order valence-electron chi connectivity index (χ3n) is 5.32. The SMILES string of the molecule is CCOC(=O)OC1=C(C(C)=O)[C@@H](C2CCCCC2)N(c2ccc(Cl)cc2F)C1=O. The number of nitrogens with zero attached hydrogens (tertiary/aromatic N) is 1. The number of Topliss-reactive ketones (excluding diaryl/α,β-unsaturated/α-hetero) is 1. The summed E-state index contributed by atoms with van der Waals surface area (Å²) in [5, 5.41) is 0.190. The van der Waals surface area contributed by atoms with Gasteiger partial charge in [-0.2, -0.15) is 0 Å². The summed E-state index contributed by atoms with van der Waals surface area (Å²) in [6.45, 7) is 2.96. The van der Waals surface area contributed by atoms with E-state index in [1.807, 2.05) is 0 Å². The molecule has 0 radical (unpaired) electrons. The molecule has 0 N–H and O–H groups in total. The van der Waals surface area contributed by atoms with Gasteiger partial charge < -0.3 is 9.47 Å². The highest BCUT2D eigenvalue weighted by Gasteiger charge is 2.48. The molecule has 1 fully saturated rings. The number of hydrogen-bond acceptors (Lipinski definition) is 5. The predicted molar refractivity (Wildman–Crippen MR) is 105 cm³/mol. The summed E-state index contributed by atoms with van der Waals surface area (Å²) in [6, 6.07) is 3.28. The Bertz CT molecular complexity index is 863. The van der Waals surface area contributed by atoms with Gasteiger partial charge >= 0.3 is 6.16 Å². The zero-order valence-corrected chi connectivity index (χ0v) is 17.1. The molecule has 0 aromatic heterocycles. The van der Waals surface area contributed by atoms with Gasteiger partial charge in [0, 0.05) is 5.02 Å². The molecule has 1 aliphatic carbocycles. The number of hydrogen-bond donors (Lipinski definition) is 0. The van der Waals surface area contributed by atoms with E-state index in [-0.39, 0.29) is 34.6 Å². The van der Waals surface area contributed by atoms with Crippen molar-refractivity contribution in [2.45, 2.75) is 52.0 Å². The van der Waals surface area contributed by atoms with Gasteiger partial charge in [-0.15, -0.1) is 0 Å². The summed E-state index contributed by atoms with van der Waals surface area (Å²) >= 11 is 5.86. The Hall–Kier alpha value is -2.41. The van der Waals surface area contributed by atoms with E-state index in [0.717, 1.165) is 38.2 Å². The number of benzene rings is 1. The lowest BCUT2D eigenvalue weighted by molar-refractivity contribution is -0.118. The Kier molecular flexibility index (Phi) is 6.57. The smallest absolute Gasteiger partial charge is 0.434 e. The highest BCUT2D eigenvalue weighted by Crippen LogP contribution is 2.42. The lowest BCUT2D eigenvalue weighted by Crippen LogP contribution is -2.43. The quantitative estimate of drug-likeness (QED) is 0.636. The van der Waals surface area contributed by atoms with Gasteiger partial charge in [0.05, 0.1) is 23.9 Å². The summed E-state index contributed by atoms with van der Waals surface area (Å²) in [7, 11) is 0. The molecule has 6 nitrogen and oxygen atoms in total. The summed E-state index contributed by atoms with van der Waals surface area (Å²) < 4.78 is 24.6. The number of carbonyl (C=O) groups excluding carboxylic acids is 3. The molecule has 1 amide bonds. The number of rotatable bonds is 5. The van der Waals surface area contributed by atoms with Crippen molar-refractivity contribution in [3.63, 3.8) is 0 Å². The lowest BCUT2D eigenvalue weighted by atomic mass is 9.80. The molecule has 2 aliphatic rings. The van der Waals surface area contributed by atoms with E-state index in [2.05, 4.69) is 0 Å². The lowest BCUT2D eigenvalue weighted by Gasteiger charge is -2.35. The van der Waals surface area contributed by atoms with Crippen molar-refractivity contribution in [2.75, 3.05) is 11.5 Å². The third kappa shape index (κ3) is 4.29. The van der Waals surface area contributed by atoms with E-state index >= 15 is 0 Å². The first-order valence-electron chi connectivity index (χ1n) is 9.73. The summed E-state index contributed by atoms with van der Waals surface area (Å²) in [4.78, 5) is 38.9. The number of amides is 1. The molecule has 1 heterocycles. The topological polar surface area (TPSA) is 72.9 Å². The maximum atomic E-state index is 14.7. The Morgan fingerprint density at radius 2 is 1.93 bits per heavy atom. The summed E-state index contributed by atoms with van der Waals surface area (Å²) in [5.74, 6) is -2.26. The number of ketones is 1. The molecule has 156 valence electrons. The molecule has 0 bridgehead atoms. The van der Waals surface area contributed by atoms with E-state index in [4.69, 9.17) is 21.1 Å². The van der Waals surface area contributed by atoms with Crippen molar-refractivity contribution >= 4 is 35.1 Å². The monoisotopic (exact) mass is 423 g/mol. The fourth-order valence-corrected chi connectivity index (χ4v) is 4.30. The number of anilines is 1. The van der Waals surface area contributed by atoms with Crippen LogP contribution in [-0.4, -0.2) is 30.5 Å². The van der Waals surface area contributed by atoms with Crippen LogP contribution in [0.2, 0.25) is 5.02 Å². The van der Waals surface area contributed by atoms with Gasteiger partial charge in [-0.3, -0.25) is 14.5 Å². The molecule has 29 heavy (non-hydrogen) atoms. The van der Waals surface area contributed by atoms with E-state index in [9.17, 15) is 18.8 Å². The van der Waals surface area contributed by atoms with Crippen LogP contribution < -0.4 is 4.90 Å². The number of ether oxygens (including phenoxy) is 2. The molecule has 3 rings (SSSR count). The van der Waals surface area contributed by atoms with Crippen LogP contribution in [0.4, 0.5) is 14.9 Å². The van der Waals surface area contributed by atoms with Crippen molar-refractivity contribution in [2.24, 2.45) is 5.92 Å². The summed E-state index contributed by atoms with van der Waals surface area (Å²) in [6.07, 6.45) is 3.46. The second-order valence-corrected chi connectivity index (χ2v) is 7.63. The Morgan fingerprint density at radius 3 is 2.52 bits per heavy atom. The van der Waals surface area contributed by atoms with Crippen LogP contribution in [0.25, 0.3) is 0 Å². The van der Waals surface area contributed by atoms with Gasteiger partial charge in [0.1, 0.15) is 5.82 Å². The fourth-order valence-electron chi connectivity index (χ4n) is 4.14. The van der Waals surface area contributed by atoms with Crippen LogP contribution in [0.1, 0.15) is 46.0 Å². The van der Waals surface area contributed by atoms with Crippen molar-refractivity contribution in [1.82, 2.24) is 0 Å². The molecule has 1 aromatic carbocycles. The highest BCUT2D eigenvalue weighted by molar-refractivity contribution is 6.30. The summed E-state index contributed by atoms with van der Waals surface area (Å²) in [5.41, 5.74) is 0.0838. The van der Waals surface area contributed by atoms with E-state index in [1.54, 1.807) is 6.92 Å². The van der Waals surface area contributed by atoms with Crippen molar-refractivity contribution in [3.8, 4) is 0 Å². The first kappa shape index (κ1) is 21.3. The van der Waals surface area contributed by atoms with Gasteiger partial charge in [-0.1, -0.05) is 30.9 Å².